The molecule has 0 aromatic heterocycles. The van der Waals surface area contributed by atoms with Gasteiger partial charge in [-0.15, -0.1) is 0 Å². The Hall–Kier alpha value is 0.118. The van der Waals surface area contributed by atoms with Crippen LogP contribution in [-0.2, 0) is 12.3 Å². The van der Waals surface area contributed by atoms with Crippen LogP contribution in [0.2, 0.25) is 37.8 Å². The second kappa shape index (κ2) is 12.1. The van der Waals surface area contributed by atoms with E-state index in [-0.39, 0.29) is 18.1 Å². The minimum atomic E-state index is -4.37. The zero-order valence-corrected chi connectivity index (χ0v) is 20.3. The van der Waals surface area contributed by atoms with Crippen molar-refractivity contribution in [2.75, 3.05) is 0 Å². The molecule has 0 aromatic carbocycles. The molecule has 3 unspecified atom stereocenters. The first-order valence-corrected chi connectivity index (χ1v) is 17.4. The Morgan fingerprint density at radius 1 is 0.500 bits per heavy atom. The van der Waals surface area contributed by atoms with Gasteiger partial charge >= 0.3 is 28.1 Å². The maximum Gasteiger partial charge on any atom is 0.452 e. The van der Waals surface area contributed by atoms with Gasteiger partial charge in [-0.25, -0.2) is 0 Å². The highest BCUT2D eigenvalue weighted by Crippen LogP contribution is 2.26. The van der Waals surface area contributed by atoms with Gasteiger partial charge in [-0.05, 0) is 37.8 Å². The van der Waals surface area contributed by atoms with Crippen LogP contribution in [0.3, 0.4) is 0 Å². The minimum absolute atomic E-state index is 0.267. The summed E-state index contributed by atoms with van der Waals surface area (Å²) < 4.78 is 127. The van der Waals surface area contributed by atoms with Crippen LogP contribution in [0.5, 0.6) is 0 Å². The fourth-order valence-corrected chi connectivity index (χ4v) is 12.9. The third kappa shape index (κ3) is 18.2. The Kier molecular flexibility index (Phi) is 12.1. The van der Waals surface area contributed by atoms with E-state index >= 15 is 0 Å². The Bertz CT molecular complexity index is 372. The Labute approximate surface area is 164 Å². The number of hydrogen-bond donors (Lipinski definition) is 0. The molecule has 0 N–H and O–H groups in total. The molecule has 0 aliphatic heterocycles. The molecule has 3 nitrogen and oxygen atoms in total. The monoisotopic (exact) mass is 500 g/mol. The zero-order chi connectivity index (χ0) is 22.2. The smallest absolute Gasteiger partial charge is 0.422 e. The van der Waals surface area contributed by atoms with Crippen LogP contribution >= 0.6 is 0 Å². The molecule has 0 radical (unpaired) electrons. The van der Waals surface area contributed by atoms with Crippen LogP contribution in [0.4, 0.5) is 39.5 Å². The standard InChI is InChI=1S/C12H25F9O3Si4/c1-25(7-4-10(13,14)15)22-28(23-26(2)8-5-11(16,17)18)24-27(3)9-6-12(19,20)21/h25-28H,4-9H2,1-3H3. The van der Waals surface area contributed by atoms with Crippen molar-refractivity contribution in [1.82, 2.24) is 0 Å². The van der Waals surface area contributed by atoms with Crippen molar-refractivity contribution in [2.24, 2.45) is 0 Å². The summed E-state index contributed by atoms with van der Waals surface area (Å²) in [5.74, 6) is 0. The number of alkyl halides is 9. The van der Waals surface area contributed by atoms with Crippen molar-refractivity contribution < 1.29 is 51.9 Å². The van der Waals surface area contributed by atoms with Crippen LogP contribution in [0, 0.1) is 0 Å². The van der Waals surface area contributed by atoms with Crippen molar-refractivity contribution in [3.63, 3.8) is 0 Å². The third-order valence-electron chi connectivity index (χ3n) is 3.53. The highest BCUT2D eigenvalue weighted by Gasteiger charge is 2.33. The Balaban J connectivity index is 4.75. The van der Waals surface area contributed by atoms with Crippen molar-refractivity contribution >= 4 is 36.6 Å². The highest BCUT2D eigenvalue weighted by molar-refractivity contribution is 6.70. The van der Waals surface area contributed by atoms with Gasteiger partial charge in [0, 0.05) is 19.3 Å². The van der Waals surface area contributed by atoms with Crippen molar-refractivity contribution in [2.45, 2.75) is 75.6 Å². The molecule has 0 spiro atoms. The molecule has 0 aromatic rings. The number of halogens is 9. The average molecular weight is 501 g/mol. The topological polar surface area (TPSA) is 27.7 Å². The quantitative estimate of drug-likeness (QED) is 0.288. The first kappa shape index (κ1) is 28.1. The summed E-state index contributed by atoms with van der Waals surface area (Å²) in [5.41, 5.74) is 0. The molecule has 0 aliphatic carbocycles. The lowest BCUT2D eigenvalue weighted by Crippen LogP contribution is -2.41. The second-order valence-corrected chi connectivity index (χ2v) is 17.0. The largest absolute Gasteiger partial charge is 0.452 e. The SMILES string of the molecule is C[SiH](CCC(F)(F)F)O[SiH](O[SiH](C)CCC(F)(F)F)O[SiH](C)CCC(F)(F)F. The summed E-state index contributed by atoms with van der Waals surface area (Å²) >= 11 is 0. The predicted octanol–water partition coefficient (Wildman–Crippen LogP) is 4.67. The maximum absolute atomic E-state index is 12.3. The van der Waals surface area contributed by atoms with E-state index in [1.807, 2.05) is 0 Å². The molecule has 28 heavy (non-hydrogen) atoms. The van der Waals surface area contributed by atoms with E-state index in [9.17, 15) is 39.5 Å². The van der Waals surface area contributed by atoms with E-state index in [2.05, 4.69) is 0 Å². The Morgan fingerprint density at radius 2 is 0.714 bits per heavy atom. The number of rotatable bonds is 12. The molecule has 0 saturated carbocycles. The second-order valence-electron chi connectivity index (χ2n) is 6.59. The van der Waals surface area contributed by atoms with Gasteiger partial charge in [0.2, 0.25) is 0 Å². The van der Waals surface area contributed by atoms with Gasteiger partial charge in [-0.1, -0.05) is 0 Å². The number of hydrogen-bond acceptors (Lipinski definition) is 3. The Morgan fingerprint density at radius 3 is 0.893 bits per heavy atom. The summed E-state index contributed by atoms with van der Waals surface area (Å²) in [7, 11) is -10.3. The van der Waals surface area contributed by atoms with Crippen molar-refractivity contribution in [3.8, 4) is 0 Å². The normalized spacial score (nSPS) is 18.0. The van der Waals surface area contributed by atoms with E-state index in [0.29, 0.717) is 0 Å². The molecule has 3 atom stereocenters. The first-order valence-electron chi connectivity index (χ1n) is 8.63. The lowest BCUT2D eigenvalue weighted by atomic mass is 10.5. The average Bonchev–Trinajstić information content (AvgIpc) is 2.47. The molecular weight excluding hydrogens is 475 g/mol. The summed E-state index contributed by atoms with van der Waals surface area (Å²) in [5, 5.41) is 0. The van der Waals surface area contributed by atoms with Crippen LogP contribution in [0.1, 0.15) is 19.3 Å². The van der Waals surface area contributed by atoms with Gasteiger partial charge in [-0.2, -0.15) is 39.5 Å². The highest BCUT2D eigenvalue weighted by atomic mass is 28.5. The van der Waals surface area contributed by atoms with E-state index < -0.39 is 74.4 Å². The summed E-state index contributed by atoms with van der Waals surface area (Å²) in [4.78, 5) is 0. The summed E-state index contributed by atoms with van der Waals surface area (Å²) in [6.45, 7) is 4.42. The van der Waals surface area contributed by atoms with Crippen LogP contribution in [0.25, 0.3) is 0 Å². The molecule has 16 heteroatoms. The van der Waals surface area contributed by atoms with Gasteiger partial charge < -0.3 is 12.3 Å². The van der Waals surface area contributed by atoms with Crippen LogP contribution in [-0.4, -0.2) is 55.2 Å². The van der Waals surface area contributed by atoms with Gasteiger partial charge in [0.15, 0.2) is 27.1 Å². The molecular formula is C12H25F9O3Si4. The van der Waals surface area contributed by atoms with E-state index in [1.165, 1.54) is 19.6 Å². The molecule has 0 amide bonds. The summed E-state index contributed by atoms with van der Waals surface area (Å²) in [6, 6.07) is -0.802. The minimum Gasteiger partial charge on any atom is -0.422 e. The van der Waals surface area contributed by atoms with Gasteiger partial charge in [0.05, 0.1) is 0 Å². The fraction of sp³-hybridized carbons (Fsp3) is 1.00. The molecule has 0 saturated heterocycles. The molecule has 0 heterocycles. The molecule has 0 aliphatic rings. The van der Waals surface area contributed by atoms with E-state index in [4.69, 9.17) is 12.3 Å². The van der Waals surface area contributed by atoms with Gasteiger partial charge in [-0.3, -0.25) is 0 Å². The van der Waals surface area contributed by atoms with Crippen molar-refractivity contribution in [3.05, 3.63) is 0 Å². The van der Waals surface area contributed by atoms with Crippen LogP contribution < -0.4 is 0 Å². The zero-order valence-electron chi connectivity index (χ0n) is 15.7. The lowest BCUT2D eigenvalue weighted by Gasteiger charge is -2.27. The third-order valence-corrected chi connectivity index (χ3v) is 15.1. The summed E-state index contributed by atoms with van der Waals surface area (Å²) in [6.07, 6.45) is -16.3. The fourth-order valence-electron chi connectivity index (χ4n) is 1.97. The predicted molar refractivity (Wildman–Crippen MR) is 95.9 cm³/mol. The van der Waals surface area contributed by atoms with Crippen molar-refractivity contribution in [1.29, 1.82) is 0 Å². The van der Waals surface area contributed by atoms with Gasteiger partial charge in [0.25, 0.3) is 0 Å². The maximum atomic E-state index is 12.3. The molecule has 0 bridgehead atoms. The first-order chi connectivity index (χ1) is 12.5. The molecule has 170 valence electrons. The molecule has 0 fully saturated rings. The van der Waals surface area contributed by atoms with E-state index in [0.717, 1.165) is 0 Å². The van der Waals surface area contributed by atoms with E-state index in [1.54, 1.807) is 0 Å². The lowest BCUT2D eigenvalue weighted by molar-refractivity contribution is -0.131. The van der Waals surface area contributed by atoms with Crippen LogP contribution in [0.15, 0.2) is 0 Å². The molecule has 0 rings (SSSR count). The van der Waals surface area contributed by atoms with Gasteiger partial charge in [0.1, 0.15) is 0 Å².